The van der Waals surface area contributed by atoms with Gasteiger partial charge in [-0.2, -0.15) is 0 Å². The van der Waals surface area contributed by atoms with Gasteiger partial charge in [-0.1, -0.05) is 43.3 Å². The molecule has 0 aromatic heterocycles. The van der Waals surface area contributed by atoms with E-state index in [0.29, 0.717) is 12.2 Å². The fourth-order valence-electron chi connectivity index (χ4n) is 2.57. The van der Waals surface area contributed by atoms with Crippen molar-refractivity contribution in [3.05, 3.63) is 72.3 Å². The SMILES string of the molecule is CCC(Oc1cccc2ccccc12)C(=O)Nc1ccc(F)c(F)c1. The Bertz CT molecular complexity index is 906. The molecule has 0 bridgehead atoms. The van der Waals surface area contributed by atoms with Crippen molar-refractivity contribution in [2.45, 2.75) is 19.4 Å². The molecule has 0 radical (unpaired) electrons. The zero-order valence-corrected chi connectivity index (χ0v) is 13.6. The molecule has 0 saturated heterocycles. The molecule has 128 valence electrons. The van der Waals surface area contributed by atoms with Crippen LogP contribution in [0.15, 0.2) is 60.7 Å². The standard InChI is InChI=1S/C20H17F2NO2/c1-2-18(20(24)23-14-10-11-16(21)17(22)12-14)25-19-9-5-7-13-6-3-4-8-15(13)19/h3-12,18H,2H2,1H3,(H,23,24). The number of carbonyl (C=O) groups excluding carboxylic acids is 1. The molecule has 0 aliphatic rings. The van der Waals surface area contributed by atoms with Crippen LogP contribution < -0.4 is 10.1 Å². The van der Waals surface area contributed by atoms with E-state index in [1.54, 1.807) is 6.07 Å². The van der Waals surface area contributed by atoms with E-state index >= 15 is 0 Å². The van der Waals surface area contributed by atoms with Crippen LogP contribution in [0, 0.1) is 11.6 Å². The lowest BCUT2D eigenvalue weighted by Crippen LogP contribution is -2.32. The number of fused-ring (bicyclic) bond motifs is 1. The smallest absolute Gasteiger partial charge is 0.265 e. The van der Waals surface area contributed by atoms with E-state index in [1.165, 1.54) is 6.07 Å². The van der Waals surface area contributed by atoms with Crippen LogP contribution in [0.25, 0.3) is 10.8 Å². The Labute approximate surface area is 144 Å². The summed E-state index contributed by atoms with van der Waals surface area (Å²) in [4.78, 5) is 12.4. The molecule has 0 aliphatic heterocycles. The molecule has 5 heteroatoms. The first-order valence-electron chi connectivity index (χ1n) is 7.99. The molecule has 3 aromatic carbocycles. The number of halogens is 2. The number of rotatable bonds is 5. The topological polar surface area (TPSA) is 38.3 Å². The van der Waals surface area contributed by atoms with E-state index < -0.39 is 23.6 Å². The second-order valence-corrected chi connectivity index (χ2v) is 5.61. The molecule has 1 N–H and O–H groups in total. The summed E-state index contributed by atoms with van der Waals surface area (Å²) < 4.78 is 32.1. The Hall–Kier alpha value is -2.95. The largest absolute Gasteiger partial charge is 0.480 e. The molecule has 1 unspecified atom stereocenters. The normalized spacial score (nSPS) is 12.0. The first kappa shape index (κ1) is 16.9. The summed E-state index contributed by atoms with van der Waals surface area (Å²) in [5.41, 5.74) is 0.184. The zero-order chi connectivity index (χ0) is 17.8. The van der Waals surface area contributed by atoms with Crippen molar-refractivity contribution in [1.29, 1.82) is 0 Å². The monoisotopic (exact) mass is 341 g/mol. The number of anilines is 1. The second kappa shape index (κ2) is 7.30. The summed E-state index contributed by atoms with van der Waals surface area (Å²) in [6.45, 7) is 1.82. The Morgan fingerprint density at radius 3 is 2.56 bits per heavy atom. The summed E-state index contributed by atoms with van der Waals surface area (Å²) in [5, 5.41) is 4.48. The fraction of sp³-hybridized carbons (Fsp3) is 0.150. The van der Waals surface area contributed by atoms with Crippen molar-refractivity contribution in [1.82, 2.24) is 0 Å². The Morgan fingerprint density at radius 1 is 1.04 bits per heavy atom. The summed E-state index contributed by atoms with van der Waals surface area (Å²) in [5.74, 6) is -1.79. The van der Waals surface area contributed by atoms with Gasteiger partial charge in [-0.15, -0.1) is 0 Å². The minimum atomic E-state index is -1.01. The maximum atomic E-state index is 13.3. The van der Waals surface area contributed by atoms with Gasteiger partial charge in [0.1, 0.15) is 5.75 Å². The van der Waals surface area contributed by atoms with Crippen molar-refractivity contribution < 1.29 is 18.3 Å². The van der Waals surface area contributed by atoms with Crippen LogP contribution in [0.2, 0.25) is 0 Å². The van der Waals surface area contributed by atoms with Crippen molar-refractivity contribution >= 4 is 22.4 Å². The predicted octanol–water partition coefficient (Wildman–Crippen LogP) is 4.91. The Kier molecular flexibility index (Phi) is 4.93. The van der Waals surface area contributed by atoms with E-state index in [-0.39, 0.29) is 5.69 Å². The number of ether oxygens (including phenoxy) is 1. The fourth-order valence-corrected chi connectivity index (χ4v) is 2.57. The van der Waals surface area contributed by atoms with Crippen LogP contribution in [0.3, 0.4) is 0 Å². The van der Waals surface area contributed by atoms with Gasteiger partial charge >= 0.3 is 0 Å². The van der Waals surface area contributed by atoms with Crippen molar-refractivity contribution in [3.8, 4) is 5.75 Å². The number of amides is 1. The van der Waals surface area contributed by atoms with Gasteiger partial charge in [0.2, 0.25) is 0 Å². The van der Waals surface area contributed by atoms with Crippen molar-refractivity contribution in [2.24, 2.45) is 0 Å². The third-order valence-corrected chi connectivity index (χ3v) is 3.87. The molecule has 0 spiro atoms. The molecule has 25 heavy (non-hydrogen) atoms. The van der Waals surface area contributed by atoms with Crippen LogP contribution in [0.5, 0.6) is 5.75 Å². The van der Waals surface area contributed by atoms with E-state index in [2.05, 4.69) is 5.32 Å². The lowest BCUT2D eigenvalue weighted by molar-refractivity contribution is -0.122. The number of benzene rings is 3. The summed E-state index contributed by atoms with van der Waals surface area (Å²) in [7, 11) is 0. The second-order valence-electron chi connectivity index (χ2n) is 5.61. The minimum absolute atomic E-state index is 0.184. The average Bonchev–Trinajstić information content (AvgIpc) is 2.62. The van der Waals surface area contributed by atoms with Crippen LogP contribution >= 0.6 is 0 Å². The molecular weight excluding hydrogens is 324 g/mol. The lowest BCUT2D eigenvalue weighted by atomic mass is 10.1. The van der Waals surface area contributed by atoms with Crippen LogP contribution in [-0.2, 0) is 4.79 Å². The minimum Gasteiger partial charge on any atom is -0.480 e. The van der Waals surface area contributed by atoms with Crippen LogP contribution in [-0.4, -0.2) is 12.0 Å². The number of carbonyl (C=O) groups is 1. The third kappa shape index (κ3) is 3.76. The molecule has 0 saturated carbocycles. The molecule has 3 rings (SSSR count). The Balaban J connectivity index is 1.79. The summed E-state index contributed by atoms with van der Waals surface area (Å²) in [6, 6.07) is 16.6. The van der Waals surface area contributed by atoms with E-state index in [1.807, 2.05) is 43.3 Å². The zero-order valence-electron chi connectivity index (χ0n) is 13.6. The van der Waals surface area contributed by atoms with Gasteiger partial charge < -0.3 is 10.1 Å². The first-order valence-corrected chi connectivity index (χ1v) is 7.99. The van der Waals surface area contributed by atoms with Gasteiger partial charge in [-0.25, -0.2) is 8.78 Å². The van der Waals surface area contributed by atoms with Crippen molar-refractivity contribution in [3.63, 3.8) is 0 Å². The van der Waals surface area contributed by atoms with E-state index in [4.69, 9.17) is 4.74 Å². The van der Waals surface area contributed by atoms with E-state index in [9.17, 15) is 13.6 Å². The maximum Gasteiger partial charge on any atom is 0.265 e. The molecule has 3 nitrogen and oxygen atoms in total. The molecular formula is C20H17F2NO2. The molecule has 3 aromatic rings. The molecule has 0 aliphatic carbocycles. The molecule has 1 atom stereocenters. The average molecular weight is 341 g/mol. The van der Waals surface area contributed by atoms with Gasteiger partial charge in [-0.3, -0.25) is 4.79 Å². The van der Waals surface area contributed by atoms with Gasteiger partial charge in [0.05, 0.1) is 0 Å². The molecule has 0 heterocycles. The van der Waals surface area contributed by atoms with Gasteiger partial charge in [0.25, 0.3) is 5.91 Å². The third-order valence-electron chi connectivity index (χ3n) is 3.87. The quantitative estimate of drug-likeness (QED) is 0.716. The van der Waals surface area contributed by atoms with Crippen molar-refractivity contribution in [2.75, 3.05) is 5.32 Å². The lowest BCUT2D eigenvalue weighted by Gasteiger charge is -2.18. The highest BCUT2D eigenvalue weighted by atomic mass is 19.2. The first-order chi connectivity index (χ1) is 12.1. The molecule has 1 amide bonds. The number of hydrogen-bond acceptors (Lipinski definition) is 2. The summed E-state index contributed by atoms with van der Waals surface area (Å²) >= 11 is 0. The van der Waals surface area contributed by atoms with Gasteiger partial charge in [-0.05, 0) is 30.0 Å². The molecule has 0 fully saturated rings. The number of hydrogen-bond donors (Lipinski definition) is 1. The van der Waals surface area contributed by atoms with Crippen LogP contribution in [0.4, 0.5) is 14.5 Å². The van der Waals surface area contributed by atoms with Gasteiger partial charge in [0.15, 0.2) is 17.7 Å². The Morgan fingerprint density at radius 2 is 1.80 bits per heavy atom. The van der Waals surface area contributed by atoms with Crippen LogP contribution in [0.1, 0.15) is 13.3 Å². The highest BCUT2D eigenvalue weighted by Gasteiger charge is 2.20. The predicted molar refractivity (Wildman–Crippen MR) is 93.6 cm³/mol. The number of nitrogens with one attached hydrogen (secondary N) is 1. The van der Waals surface area contributed by atoms with Gasteiger partial charge in [0, 0.05) is 17.1 Å². The van der Waals surface area contributed by atoms with E-state index in [0.717, 1.165) is 22.9 Å². The highest BCUT2D eigenvalue weighted by Crippen LogP contribution is 2.26. The summed E-state index contributed by atoms with van der Waals surface area (Å²) in [6.07, 6.45) is -0.322. The highest BCUT2D eigenvalue weighted by molar-refractivity contribution is 5.95. The maximum absolute atomic E-state index is 13.3.